The van der Waals surface area contributed by atoms with Crippen LogP contribution >= 0.6 is 0 Å². The van der Waals surface area contributed by atoms with Crippen molar-refractivity contribution in [3.8, 4) is 0 Å². The van der Waals surface area contributed by atoms with Crippen LogP contribution in [0.4, 0.5) is 0 Å². The van der Waals surface area contributed by atoms with Gasteiger partial charge in [0.15, 0.2) is 0 Å². The molecule has 1 N–H and O–H groups in total. The smallest absolute Gasteiger partial charge is 0.245 e. The molecule has 0 fully saturated rings. The van der Waals surface area contributed by atoms with Crippen LogP contribution < -0.4 is 5.32 Å². The van der Waals surface area contributed by atoms with Gasteiger partial charge in [-0.15, -0.1) is 0 Å². The van der Waals surface area contributed by atoms with Gasteiger partial charge in [-0.3, -0.25) is 4.79 Å². The van der Waals surface area contributed by atoms with Crippen LogP contribution in [0, 0.1) is 5.92 Å². The topological polar surface area (TPSA) is 38.3 Å². The van der Waals surface area contributed by atoms with Crippen LogP contribution in [0.2, 0.25) is 0 Å². The number of carbonyl (C=O) groups excluding carboxylic acids is 1. The molecule has 0 aliphatic rings. The standard InChI is InChI=1S/C9H19NO2.H2/c1-8(2)5-4-6-10-9(11)7-12-3;/h8H,4-7H2,1-3H3,(H,10,11);1H. The number of rotatable bonds is 6. The third-order valence-electron chi connectivity index (χ3n) is 1.56. The summed E-state index contributed by atoms with van der Waals surface area (Å²) in [5, 5.41) is 2.78. The van der Waals surface area contributed by atoms with Gasteiger partial charge in [-0.25, -0.2) is 0 Å². The van der Waals surface area contributed by atoms with Crippen LogP contribution in [0.5, 0.6) is 0 Å². The van der Waals surface area contributed by atoms with Crippen molar-refractivity contribution in [3.05, 3.63) is 0 Å². The van der Waals surface area contributed by atoms with E-state index in [4.69, 9.17) is 0 Å². The van der Waals surface area contributed by atoms with Gasteiger partial charge in [-0.1, -0.05) is 13.8 Å². The van der Waals surface area contributed by atoms with Gasteiger partial charge in [0, 0.05) is 15.1 Å². The number of carbonyl (C=O) groups is 1. The Bertz CT molecular complexity index is 129. The molecule has 0 unspecified atom stereocenters. The van der Waals surface area contributed by atoms with Crippen LogP contribution in [-0.4, -0.2) is 26.2 Å². The number of methoxy groups -OCH3 is 1. The Labute approximate surface area is 76.0 Å². The minimum atomic E-state index is -0.0266. The number of hydrogen-bond acceptors (Lipinski definition) is 2. The van der Waals surface area contributed by atoms with E-state index in [0.717, 1.165) is 19.4 Å². The third kappa shape index (κ3) is 7.54. The molecule has 0 atom stereocenters. The average molecular weight is 175 g/mol. The molecule has 12 heavy (non-hydrogen) atoms. The molecule has 0 spiro atoms. The van der Waals surface area contributed by atoms with Crippen LogP contribution in [0.15, 0.2) is 0 Å². The largest absolute Gasteiger partial charge is 0.375 e. The molecule has 0 bridgehead atoms. The predicted octanol–water partition coefficient (Wildman–Crippen LogP) is 1.43. The maximum Gasteiger partial charge on any atom is 0.245 e. The van der Waals surface area contributed by atoms with E-state index in [1.54, 1.807) is 0 Å². The summed E-state index contributed by atoms with van der Waals surface area (Å²) >= 11 is 0. The predicted molar refractivity (Wildman–Crippen MR) is 51.1 cm³/mol. The van der Waals surface area contributed by atoms with Crippen molar-refractivity contribution < 1.29 is 11.0 Å². The lowest BCUT2D eigenvalue weighted by atomic mass is 10.1. The molecule has 0 heterocycles. The Morgan fingerprint density at radius 2 is 2.25 bits per heavy atom. The molecule has 0 aromatic carbocycles. The average Bonchev–Trinajstić information content (AvgIpc) is 1.98. The molecule has 0 saturated carbocycles. The number of hydrogen-bond donors (Lipinski definition) is 1. The lowest BCUT2D eigenvalue weighted by Crippen LogP contribution is -2.28. The van der Waals surface area contributed by atoms with Crippen LogP contribution in [0.3, 0.4) is 0 Å². The highest BCUT2D eigenvalue weighted by Gasteiger charge is 1.98. The summed E-state index contributed by atoms with van der Waals surface area (Å²) in [6, 6.07) is 0. The van der Waals surface area contributed by atoms with E-state index >= 15 is 0 Å². The van der Waals surface area contributed by atoms with Crippen LogP contribution in [0.25, 0.3) is 0 Å². The Hall–Kier alpha value is -0.570. The van der Waals surface area contributed by atoms with E-state index in [1.807, 2.05) is 0 Å². The van der Waals surface area contributed by atoms with Crippen molar-refractivity contribution in [2.75, 3.05) is 20.3 Å². The van der Waals surface area contributed by atoms with Gasteiger partial charge in [-0.05, 0) is 18.8 Å². The SMILES string of the molecule is COCC(=O)NCCCC(C)C.[HH]. The first kappa shape index (κ1) is 11.4. The van der Waals surface area contributed by atoms with Gasteiger partial charge < -0.3 is 10.1 Å². The minimum Gasteiger partial charge on any atom is -0.375 e. The number of ether oxygens (including phenoxy) is 1. The molecule has 3 heteroatoms. The molecule has 0 rings (SSSR count). The summed E-state index contributed by atoms with van der Waals surface area (Å²) in [7, 11) is 1.52. The van der Waals surface area contributed by atoms with E-state index < -0.39 is 0 Å². The van der Waals surface area contributed by atoms with Crippen molar-refractivity contribution in [1.29, 1.82) is 0 Å². The number of nitrogens with one attached hydrogen (secondary N) is 1. The van der Waals surface area contributed by atoms with Crippen molar-refractivity contribution in [1.82, 2.24) is 5.32 Å². The normalized spacial score (nSPS) is 10.3. The Balaban J connectivity index is 0. The molecule has 0 aliphatic heterocycles. The zero-order chi connectivity index (χ0) is 9.40. The molecule has 0 radical (unpaired) electrons. The molecule has 74 valence electrons. The Kier molecular flexibility index (Phi) is 6.76. The van der Waals surface area contributed by atoms with E-state index in [1.165, 1.54) is 7.11 Å². The fraction of sp³-hybridized carbons (Fsp3) is 0.889. The molecular weight excluding hydrogens is 154 g/mol. The highest BCUT2D eigenvalue weighted by atomic mass is 16.5. The van der Waals surface area contributed by atoms with Crippen LogP contribution in [0.1, 0.15) is 28.1 Å². The quantitative estimate of drug-likeness (QED) is 0.620. The first-order valence-electron chi connectivity index (χ1n) is 4.42. The fourth-order valence-electron chi connectivity index (χ4n) is 0.920. The van der Waals surface area contributed by atoms with E-state index in [9.17, 15) is 4.79 Å². The van der Waals surface area contributed by atoms with Gasteiger partial charge in [0.25, 0.3) is 0 Å². The second kappa shape index (κ2) is 7.10. The Morgan fingerprint density at radius 3 is 2.75 bits per heavy atom. The van der Waals surface area contributed by atoms with Crippen molar-refractivity contribution in [2.45, 2.75) is 26.7 Å². The van der Waals surface area contributed by atoms with E-state index in [0.29, 0.717) is 5.92 Å². The van der Waals surface area contributed by atoms with Gasteiger partial charge >= 0.3 is 0 Å². The summed E-state index contributed by atoms with van der Waals surface area (Å²) in [5.74, 6) is 0.686. The lowest BCUT2D eigenvalue weighted by molar-refractivity contribution is -0.124. The first-order valence-corrected chi connectivity index (χ1v) is 4.42. The Morgan fingerprint density at radius 1 is 1.58 bits per heavy atom. The molecular formula is C9H21NO2. The lowest BCUT2D eigenvalue weighted by Gasteiger charge is -2.05. The number of amides is 1. The summed E-state index contributed by atoms with van der Waals surface area (Å²) in [6.07, 6.45) is 2.21. The zero-order valence-electron chi connectivity index (χ0n) is 8.22. The van der Waals surface area contributed by atoms with E-state index in [2.05, 4.69) is 23.9 Å². The maximum atomic E-state index is 10.9. The summed E-state index contributed by atoms with van der Waals surface area (Å²) in [4.78, 5) is 10.9. The molecule has 0 aromatic heterocycles. The first-order chi connectivity index (χ1) is 5.66. The second-order valence-electron chi connectivity index (χ2n) is 3.32. The van der Waals surface area contributed by atoms with Crippen molar-refractivity contribution >= 4 is 5.91 Å². The highest BCUT2D eigenvalue weighted by molar-refractivity contribution is 5.77. The maximum absolute atomic E-state index is 10.9. The van der Waals surface area contributed by atoms with Crippen molar-refractivity contribution in [2.24, 2.45) is 5.92 Å². The highest BCUT2D eigenvalue weighted by Crippen LogP contribution is 2.01. The monoisotopic (exact) mass is 175 g/mol. The van der Waals surface area contributed by atoms with Gasteiger partial charge in [0.1, 0.15) is 6.61 Å². The molecule has 0 aliphatic carbocycles. The van der Waals surface area contributed by atoms with E-state index in [-0.39, 0.29) is 13.9 Å². The minimum absolute atomic E-state index is 0. The van der Waals surface area contributed by atoms with Crippen LogP contribution in [-0.2, 0) is 9.53 Å². The third-order valence-corrected chi connectivity index (χ3v) is 1.56. The molecule has 0 aromatic rings. The van der Waals surface area contributed by atoms with Gasteiger partial charge in [0.05, 0.1) is 0 Å². The van der Waals surface area contributed by atoms with Crippen molar-refractivity contribution in [3.63, 3.8) is 0 Å². The molecule has 1 amide bonds. The fourth-order valence-corrected chi connectivity index (χ4v) is 0.920. The van der Waals surface area contributed by atoms with Gasteiger partial charge in [0.2, 0.25) is 5.91 Å². The summed E-state index contributed by atoms with van der Waals surface area (Å²) < 4.78 is 4.67. The summed E-state index contributed by atoms with van der Waals surface area (Å²) in [5.41, 5.74) is 0. The van der Waals surface area contributed by atoms with Gasteiger partial charge in [-0.2, -0.15) is 0 Å². The molecule has 3 nitrogen and oxygen atoms in total. The summed E-state index contributed by atoms with van der Waals surface area (Å²) in [6.45, 7) is 5.29. The molecule has 0 saturated heterocycles. The second-order valence-corrected chi connectivity index (χ2v) is 3.32. The zero-order valence-corrected chi connectivity index (χ0v) is 8.22.